The van der Waals surface area contributed by atoms with Crippen LogP contribution in [0.25, 0.3) is 0 Å². The van der Waals surface area contributed by atoms with Gasteiger partial charge in [0, 0.05) is 25.1 Å². The van der Waals surface area contributed by atoms with Gasteiger partial charge in [-0.15, -0.1) is 0 Å². The van der Waals surface area contributed by atoms with E-state index in [4.69, 9.17) is 28.0 Å². The second-order valence-corrected chi connectivity index (χ2v) is 18.1. The second kappa shape index (κ2) is 32.5. The molecule has 0 aromatic heterocycles. The van der Waals surface area contributed by atoms with E-state index in [-0.39, 0.29) is 68.6 Å². The van der Waals surface area contributed by atoms with Gasteiger partial charge < -0.3 is 80.8 Å². The van der Waals surface area contributed by atoms with Crippen molar-refractivity contribution < 1.29 is 68.1 Å². The van der Waals surface area contributed by atoms with Crippen LogP contribution in [-0.4, -0.2) is 160 Å². The van der Waals surface area contributed by atoms with Crippen LogP contribution in [-0.2, 0) is 52.7 Å². The monoisotopic (exact) mass is 1020 g/mol. The fourth-order valence-corrected chi connectivity index (χ4v) is 6.60. The van der Waals surface area contributed by atoms with Gasteiger partial charge in [-0.25, -0.2) is 4.79 Å². The third kappa shape index (κ3) is 25.4. The van der Waals surface area contributed by atoms with Gasteiger partial charge in [0.05, 0.1) is 12.6 Å². The molecule has 398 valence electrons. The number of carboxylic acid groups (broad SMARTS) is 2. The van der Waals surface area contributed by atoms with Crippen LogP contribution in [0.3, 0.4) is 0 Å². The minimum Gasteiger partial charge on any atom is -0.481 e. The molecule has 9 atom stereocenters. The van der Waals surface area contributed by atoms with Gasteiger partial charge in [0.15, 0.2) is 5.96 Å². The van der Waals surface area contributed by atoms with Crippen molar-refractivity contribution in [1.29, 1.82) is 0 Å². The smallest absolute Gasteiger partial charge is 0.326 e. The first-order valence-corrected chi connectivity index (χ1v) is 23.4. The molecular weight excluding hydrogens is 943 g/mol. The Balaban J connectivity index is 6.14. The average Bonchev–Trinajstić information content (AvgIpc) is 3.26. The van der Waals surface area contributed by atoms with Gasteiger partial charge in [-0.3, -0.25) is 52.9 Å². The first-order chi connectivity index (χ1) is 32.5. The van der Waals surface area contributed by atoms with Gasteiger partial charge >= 0.3 is 11.9 Å². The summed E-state index contributed by atoms with van der Waals surface area (Å²) in [7, 11) is 0. The fourth-order valence-electron chi connectivity index (χ4n) is 6.34. The molecule has 0 heterocycles. The van der Waals surface area contributed by atoms with Gasteiger partial charge in [0.1, 0.15) is 48.3 Å². The fraction of sp³-hybridized carbons (Fsp3) is 0.714. The predicted molar refractivity (Wildman–Crippen MR) is 257 cm³/mol. The van der Waals surface area contributed by atoms with E-state index in [1.807, 2.05) is 0 Å². The average molecular weight is 1020 g/mol. The number of primary amides is 1. The maximum Gasteiger partial charge on any atom is 0.326 e. The highest BCUT2D eigenvalue weighted by Crippen LogP contribution is 2.11. The van der Waals surface area contributed by atoms with Crippen molar-refractivity contribution >= 4 is 83.7 Å². The molecule has 28 heteroatoms. The lowest BCUT2D eigenvalue weighted by Crippen LogP contribution is -2.62. The summed E-state index contributed by atoms with van der Waals surface area (Å²) in [5, 5.41) is 48.0. The summed E-state index contributed by atoms with van der Waals surface area (Å²) < 4.78 is 0. The van der Waals surface area contributed by atoms with E-state index in [0.29, 0.717) is 0 Å². The van der Waals surface area contributed by atoms with Crippen molar-refractivity contribution in [2.24, 2.45) is 45.7 Å². The van der Waals surface area contributed by atoms with Gasteiger partial charge in [0.2, 0.25) is 53.2 Å². The molecule has 0 aliphatic heterocycles. The standard InChI is InChI=1S/C42H75N13O14S/c1-19(2)15-26(36(63)48-22(7)33(60)50-25(41(68)69)9-8-14-47-42(45)46)52-35(62)24(11-12-30(44)57)49-40(67)32(21(5)6)55-38(65)28(17-56)53-39(66)29(18-70)54-37(64)27(16-20(3)4)51-34(61)23(43)10-13-31(58)59/h19-29,32,56,70H,8-18,43H2,1-7H3,(H2,44,57)(H,48,63)(H,49,67)(H,50,60)(H,51,61)(H,52,62)(H,53,66)(H,54,64)(H,55,65)(H,58,59)(H,68,69)(H4,45,46,47)/t22-,23-,24-,25-,26-,27-,28-,29-,32-/m0/s1. The lowest BCUT2D eigenvalue weighted by molar-refractivity contribution is -0.142. The van der Waals surface area contributed by atoms with Crippen molar-refractivity contribution in [3.63, 3.8) is 0 Å². The molecular formula is C42H75N13O14S. The van der Waals surface area contributed by atoms with E-state index >= 15 is 0 Å². The molecule has 0 rings (SSSR count). The van der Waals surface area contributed by atoms with Crippen LogP contribution in [0.15, 0.2) is 4.99 Å². The Morgan fingerprint density at radius 1 is 0.529 bits per heavy atom. The number of aliphatic hydroxyl groups is 1. The molecule has 0 unspecified atom stereocenters. The maximum atomic E-state index is 13.8. The Labute approximate surface area is 412 Å². The van der Waals surface area contributed by atoms with Crippen LogP contribution in [0, 0.1) is 17.8 Å². The molecule has 0 bridgehead atoms. The van der Waals surface area contributed by atoms with Crippen LogP contribution in [0.1, 0.15) is 99.8 Å². The zero-order valence-corrected chi connectivity index (χ0v) is 41.6. The molecule has 27 nitrogen and oxygen atoms in total. The number of guanidine groups is 1. The molecule has 0 saturated carbocycles. The molecule has 0 spiro atoms. The summed E-state index contributed by atoms with van der Waals surface area (Å²) in [4.78, 5) is 145. The third-order valence-electron chi connectivity index (χ3n) is 10.2. The normalized spacial score (nSPS) is 15.0. The predicted octanol–water partition coefficient (Wildman–Crippen LogP) is -4.85. The first kappa shape index (κ1) is 63.7. The maximum absolute atomic E-state index is 13.8. The summed E-state index contributed by atoms with van der Waals surface area (Å²) in [5.41, 5.74) is 21.7. The number of nitrogens with two attached hydrogens (primary N) is 4. The van der Waals surface area contributed by atoms with E-state index in [1.165, 1.54) is 20.8 Å². The Hall–Kier alpha value is -6.29. The SMILES string of the molecule is CC(C)C[C@H](NC(=O)[C@H](CCC(N)=O)NC(=O)[C@@H](NC(=O)[C@H](CO)NC(=O)[C@H](CS)NC(=O)[C@H](CC(C)C)NC(=O)[C@@H](N)CCC(=O)O)C(C)C)C(=O)N[C@@H](C)C(=O)N[C@@H](CCCN=C(N)N)C(=O)O. The molecule has 0 aromatic rings. The highest BCUT2D eigenvalue weighted by molar-refractivity contribution is 7.80. The molecule has 0 aliphatic carbocycles. The van der Waals surface area contributed by atoms with E-state index in [9.17, 15) is 63.0 Å². The molecule has 70 heavy (non-hydrogen) atoms. The summed E-state index contributed by atoms with van der Waals surface area (Å²) in [5.74, 6) is -12.3. The van der Waals surface area contributed by atoms with Crippen molar-refractivity contribution in [3.05, 3.63) is 0 Å². The van der Waals surface area contributed by atoms with Gasteiger partial charge in [-0.2, -0.15) is 12.6 Å². The van der Waals surface area contributed by atoms with E-state index in [1.54, 1.807) is 27.7 Å². The van der Waals surface area contributed by atoms with Crippen LogP contribution >= 0.6 is 12.6 Å². The van der Waals surface area contributed by atoms with Crippen LogP contribution in [0.2, 0.25) is 0 Å². The Bertz CT molecular complexity index is 1850. The molecule has 0 fully saturated rings. The number of amides is 9. The van der Waals surface area contributed by atoms with E-state index in [0.717, 1.165) is 0 Å². The van der Waals surface area contributed by atoms with Crippen molar-refractivity contribution in [3.8, 4) is 0 Å². The quantitative estimate of drug-likeness (QED) is 0.0124. The van der Waals surface area contributed by atoms with Crippen LogP contribution < -0.4 is 65.5 Å². The molecule has 0 aromatic carbocycles. The van der Waals surface area contributed by atoms with Gasteiger partial charge in [-0.05, 0) is 63.2 Å². The molecule has 0 aliphatic rings. The summed E-state index contributed by atoms with van der Waals surface area (Å²) >= 11 is 4.13. The largest absolute Gasteiger partial charge is 0.481 e. The van der Waals surface area contributed by atoms with Crippen molar-refractivity contribution in [2.75, 3.05) is 18.9 Å². The molecule has 9 amide bonds. The zero-order valence-electron chi connectivity index (χ0n) is 40.7. The van der Waals surface area contributed by atoms with E-state index in [2.05, 4.69) is 60.2 Å². The number of aliphatic carboxylic acids is 2. The van der Waals surface area contributed by atoms with Crippen LogP contribution in [0.5, 0.6) is 0 Å². The van der Waals surface area contributed by atoms with Gasteiger partial charge in [-0.1, -0.05) is 41.5 Å². The van der Waals surface area contributed by atoms with E-state index < -0.39 is 145 Å². The number of nitrogens with zero attached hydrogens (tertiary/aromatic N) is 1. The summed E-state index contributed by atoms with van der Waals surface area (Å²) in [6.07, 6.45) is -1.11. The van der Waals surface area contributed by atoms with Gasteiger partial charge in [0.25, 0.3) is 0 Å². The number of hydrogen-bond donors (Lipinski definition) is 16. The summed E-state index contributed by atoms with van der Waals surface area (Å²) in [6.45, 7) is 10.4. The summed E-state index contributed by atoms with van der Waals surface area (Å²) in [6, 6.07) is -12.5. The topological polar surface area (TPSA) is 461 Å². The third-order valence-corrected chi connectivity index (χ3v) is 10.6. The number of carboxylic acids is 2. The second-order valence-electron chi connectivity index (χ2n) is 17.8. The number of carbonyl (C=O) groups is 11. The molecule has 0 saturated heterocycles. The number of aliphatic imine (C=N–C) groups is 1. The van der Waals surface area contributed by atoms with Crippen molar-refractivity contribution in [2.45, 2.75) is 154 Å². The Morgan fingerprint density at radius 2 is 0.986 bits per heavy atom. The zero-order chi connectivity index (χ0) is 54.0. The Morgan fingerprint density at radius 3 is 1.46 bits per heavy atom. The number of rotatable bonds is 34. The number of aliphatic hydroxyl groups excluding tert-OH is 1. The lowest BCUT2D eigenvalue weighted by atomic mass is 10.00. The lowest BCUT2D eigenvalue weighted by Gasteiger charge is -2.29. The number of nitrogens with one attached hydrogen (secondary N) is 8. The number of hydrogen-bond acceptors (Lipinski definition) is 15. The van der Waals surface area contributed by atoms with Crippen molar-refractivity contribution in [1.82, 2.24) is 42.5 Å². The van der Waals surface area contributed by atoms with Crippen LogP contribution in [0.4, 0.5) is 0 Å². The highest BCUT2D eigenvalue weighted by Gasteiger charge is 2.35. The Kier molecular flexibility index (Phi) is 29.6. The number of thiol groups is 1. The molecule has 19 N–H and O–H groups in total. The highest BCUT2D eigenvalue weighted by atomic mass is 32.1. The minimum atomic E-state index is -1.71. The molecule has 0 radical (unpaired) electrons. The number of carbonyl (C=O) groups excluding carboxylic acids is 9. The first-order valence-electron chi connectivity index (χ1n) is 22.7. The minimum absolute atomic E-state index is 0.0155.